The van der Waals surface area contributed by atoms with Crippen molar-refractivity contribution < 1.29 is 14.6 Å². The van der Waals surface area contributed by atoms with Crippen molar-refractivity contribution in [2.24, 2.45) is 0 Å². The molecule has 0 aromatic carbocycles. The number of hydrogen-bond donors (Lipinski definition) is 3. The summed E-state index contributed by atoms with van der Waals surface area (Å²) in [5.41, 5.74) is -0.456. The molecule has 0 radical (unpaired) electrons. The fraction of sp³-hybridized carbons (Fsp3) is 0.889. The van der Waals surface area contributed by atoms with Crippen LogP contribution in [0.15, 0.2) is 0 Å². The lowest BCUT2D eigenvalue weighted by atomic mass is 10.2. The summed E-state index contributed by atoms with van der Waals surface area (Å²) in [6.45, 7) is 7.21. The molecule has 0 heterocycles. The summed E-state index contributed by atoms with van der Waals surface area (Å²) in [6, 6.07) is 0. The Morgan fingerprint density at radius 1 is 1.29 bits per heavy atom. The third-order valence-electron chi connectivity index (χ3n) is 1.26. The third kappa shape index (κ3) is 9.28. The van der Waals surface area contributed by atoms with Gasteiger partial charge >= 0.3 is 6.09 Å². The van der Waals surface area contributed by atoms with Crippen molar-refractivity contribution in [1.82, 2.24) is 10.6 Å². The molecule has 0 aliphatic rings. The molecule has 0 rings (SSSR count). The Bertz CT molecular complexity index is 166. The largest absolute Gasteiger partial charge is 0.444 e. The Labute approximate surface area is 84.8 Å². The minimum Gasteiger partial charge on any atom is -0.444 e. The predicted molar refractivity (Wildman–Crippen MR) is 54.2 cm³/mol. The first-order valence-corrected chi connectivity index (χ1v) is 4.74. The summed E-state index contributed by atoms with van der Waals surface area (Å²) in [5, 5.41) is 14.0. The zero-order valence-electron chi connectivity index (χ0n) is 9.09. The van der Waals surface area contributed by atoms with Crippen molar-refractivity contribution in [2.45, 2.75) is 26.4 Å². The van der Waals surface area contributed by atoms with Crippen molar-refractivity contribution >= 4 is 6.09 Å². The zero-order valence-corrected chi connectivity index (χ0v) is 9.09. The van der Waals surface area contributed by atoms with Gasteiger partial charge in [0, 0.05) is 19.6 Å². The van der Waals surface area contributed by atoms with Crippen molar-refractivity contribution in [3.8, 4) is 0 Å². The number of amides is 1. The van der Waals surface area contributed by atoms with E-state index in [4.69, 9.17) is 9.84 Å². The van der Waals surface area contributed by atoms with E-state index in [0.717, 1.165) is 0 Å². The molecule has 0 atom stereocenters. The molecule has 0 unspecified atom stereocenters. The van der Waals surface area contributed by atoms with E-state index in [1.165, 1.54) is 0 Å². The van der Waals surface area contributed by atoms with Crippen LogP contribution in [0.25, 0.3) is 0 Å². The van der Waals surface area contributed by atoms with Crippen LogP contribution >= 0.6 is 0 Å². The van der Waals surface area contributed by atoms with E-state index < -0.39 is 11.7 Å². The van der Waals surface area contributed by atoms with Gasteiger partial charge < -0.3 is 20.5 Å². The molecule has 0 aromatic heterocycles. The van der Waals surface area contributed by atoms with E-state index in [1.54, 1.807) is 0 Å². The molecule has 0 aromatic rings. The van der Waals surface area contributed by atoms with Crippen molar-refractivity contribution in [2.75, 3.05) is 26.2 Å². The molecule has 0 aliphatic heterocycles. The average molecular weight is 204 g/mol. The molecule has 0 aliphatic carbocycles. The Balaban J connectivity index is 3.36. The van der Waals surface area contributed by atoms with Crippen LogP contribution in [0.4, 0.5) is 4.79 Å². The molecular weight excluding hydrogens is 184 g/mol. The minimum atomic E-state index is -0.456. The van der Waals surface area contributed by atoms with Crippen LogP contribution in [0.3, 0.4) is 0 Å². The van der Waals surface area contributed by atoms with Crippen molar-refractivity contribution in [3.63, 3.8) is 0 Å². The second-order valence-electron chi connectivity index (χ2n) is 3.90. The lowest BCUT2D eigenvalue weighted by molar-refractivity contribution is 0.0528. The smallest absolute Gasteiger partial charge is 0.407 e. The maximum atomic E-state index is 11.1. The molecule has 5 heteroatoms. The number of nitrogens with one attached hydrogen (secondary N) is 2. The second-order valence-corrected chi connectivity index (χ2v) is 3.90. The fourth-order valence-electron chi connectivity index (χ4n) is 0.771. The van der Waals surface area contributed by atoms with Gasteiger partial charge in [0.2, 0.25) is 0 Å². The van der Waals surface area contributed by atoms with Gasteiger partial charge in [0.1, 0.15) is 5.60 Å². The molecule has 3 N–H and O–H groups in total. The standard InChI is InChI=1S/C9H20N2O3/c1-9(2,3)14-8(13)11-5-4-10-6-7-12/h10,12H,4-7H2,1-3H3,(H,11,13). The monoisotopic (exact) mass is 204 g/mol. The van der Waals surface area contributed by atoms with Crippen LogP contribution in [-0.2, 0) is 4.74 Å². The first-order chi connectivity index (χ1) is 6.45. The van der Waals surface area contributed by atoms with E-state index >= 15 is 0 Å². The number of hydrogen-bond acceptors (Lipinski definition) is 4. The molecule has 1 amide bonds. The van der Waals surface area contributed by atoms with Gasteiger partial charge in [0.05, 0.1) is 6.61 Å². The highest BCUT2D eigenvalue weighted by Gasteiger charge is 2.15. The van der Waals surface area contributed by atoms with E-state index in [2.05, 4.69) is 10.6 Å². The molecule has 14 heavy (non-hydrogen) atoms. The van der Waals surface area contributed by atoms with E-state index in [-0.39, 0.29) is 6.61 Å². The summed E-state index contributed by atoms with van der Waals surface area (Å²) in [5.74, 6) is 0. The zero-order chi connectivity index (χ0) is 11.0. The average Bonchev–Trinajstić information content (AvgIpc) is 2.00. The quantitative estimate of drug-likeness (QED) is 0.555. The molecule has 0 bridgehead atoms. The van der Waals surface area contributed by atoms with Gasteiger partial charge in [0.25, 0.3) is 0 Å². The van der Waals surface area contributed by atoms with Crippen LogP contribution in [0.1, 0.15) is 20.8 Å². The summed E-state index contributed by atoms with van der Waals surface area (Å²) in [6.07, 6.45) is -0.414. The van der Waals surface area contributed by atoms with E-state index in [0.29, 0.717) is 19.6 Å². The Morgan fingerprint density at radius 2 is 1.93 bits per heavy atom. The summed E-state index contributed by atoms with van der Waals surface area (Å²) < 4.78 is 5.02. The Hall–Kier alpha value is -0.810. The highest BCUT2D eigenvalue weighted by molar-refractivity contribution is 5.67. The van der Waals surface area contributed by atoms with Crippen LogP contribution in [0, 0.1) is 0 Å². The van der Waals surface area contributed by atoms with Gasteiger partial charge in [-0.3, -0.25) is 0 Å². The topological polar surface area (TPSA) is 70.6 Å². The number of aliphatic hydroxyl groups is 1. The van der Waals surface area contributed by atoms with E-state index in [1.807, 2.05) is 20.8 Å². The minimum absolute atomic E-state index is 0.104. The van der Waals surface area contributed by atoms with Gasteiger partial charge in [-0.25, -0.2) is 4.79 Å². The molecule has 0 saturated heterocycles. The number of ether oxygens (including phenoxy) is 1. The molecule has 84 valence electrons. The SMILES string of the molecule is CC(C)(C)OC(=O)NCCNCCO. The second kappa shape index (κ2) is 6.62. The third-order valence-corrected chi connectivity index (χ3v) is 1.26. The van der Waals surface area contributed by atoms with Crippen LogP contribution in [0.5, 0.6) is 0 Å². The lowest BCUT2D eigenvalue weighted by Gasteiger charge is -2.19. The number of carbonyl (C=O) groups excluding carboxylic acids is 1. The summed E-state index contributed by atoms with van der Waals surface area (Å²) in [4.78, 5) is 11.1. The van der Waals surface area contributed by atoms with Gasteiger partial charge in [-0.2, -0.15) is 0 Å². The summed E-state index contributed by atoms with van der Waals surface area (Å²) >= 11 is 0. The van der Waals surface area contributed by atoms with Crippen molar-refractivity contribution in [3.05, 3.63) is 0 Å². The Morgan fingerprint density at radius 3 is 2.43 bits per heavy atom. The molecule has 0 spiro atoms. The van der Waals surface area contributed by atoms with Gasteiger partial charge in [0.15, 0.2) is 0 Å². The maximum Gasteiger partial charge on any atom is 0.407 e. The summed E-state index contributed by atoms with van der Waals surface area (Å²) in [7, 11) is 0. The number of rotatable bonds is 5. The molecule has 0 saturated carbocycles. The number of aliphatic hydroxyl groups excluding tert-OH is 1. The number of carbonyl (C=O) groups is 1. The number of alkyl carbamates (subject to hydrolysis) is 1. The predicted octanol–water partition coefficient (Wildman–Crippen LogP) is 0.0930. The highest BCUT2D eigenvalue weighted by Crippen LogP contribution is 2.05. The van der Waals surface area contributed by atoms with Crippen LogP contribution < -0.4 is 10.6 Å². The van der Waals surface area contributed by atoms with Crippen LogP contribution in [-0.4, -0.2) is 43.0 Å². The normalized spacial score (nSPS) is 11.1. The molecular formula is C9H20N2O3. The fourth-order valence-corrected chi connectivity index (χ4v) is 0.771. The van der Waals surface area contributed by atoms with Crippen molar-refractivity contribution in [1.29, 1.82) is 0 Å². The first-order valence-electron chi connectivity index (χ1n) is 4.74. The highest BCUT2D eigenvalue weighted by atomic mass is 16.6. The Kier molecular flexibility index (Phi) is 6.23. The maximum absolute atomic E-state index is 11.1. The van der Waals surface area contributed by atoms with Gasteiger partial charge in [-0.05, 0) is 20.8 Å². The van der Waals surface area contributed by atoms with Gasteiger partial charge in [-0.1, -0.05) is 0 Å². The van der Waals surface area contributed by atoms with Gasteiger partial charge in [-0.15, -0.1) is 0 Å². The van der Waals surface area contributed by atoms with Crippen LogP contribution in [0.2, 0.25) is 0 Å². The first kappa shape index (κ1) is 13.2. The van der Waals surface area contributed by atoms with E-state index in [9.17, 15) is 4.79 Å². The lowest BCUT2D eigenvalue weighted by Crippen LogP contribution is -2.36. The molecule has 5 nitrogen and oxygen atoms in total. The molecule has 0 fully saturated rings.